The van der Waals surface area contributed by atoms with Gasteiger partial charge in [-0.2, -0.15) is 0 Å². The second-order valence-electron chi connectivity index (χ2n) is 10.8. The van der Waals surface area contributed by atoms with Crippen molar-refractivity contribution in [2.75, 3.05) is 53.3 Å². The number of carbonyl (C=O) groups is 2. The van der Waals surface area contributed by atoms with Gasteiger partial charge in [-0.05, 0) is 80.7 Å². The lowest BCUT2D eigenvalue weighted by Crippen LogP contribution is -2.38. The molecule has 1 aliphatic rings. The van der Waals surface area contributed by atoms with E-state index in [1.807, 2.05) is 6.92 Å². The molecule has 0 fully saturated rings. The minimum Gasteiger partial charge on any atom is -0.494 e. The number of methoxy groups -OCH3 is 1. The number of rotatable bonds is 21. The van der Waals surface area contributed by atoms with Crippen molar-refractivity contribution in [3.63, 3.8) is 0 Å². The maximum Gasteiger partial charge on any atom is 0.305 e. The number of nitrogens with zero attached hydrogens (tertiary/aromatic N) is 2. The van der Waals surface area contributed by atoms with E-state index < -0.39 is 17.8 Å². The van der Waals surface area contributed by atoms with Crippen molar-refractivity contribution >= 4 is 11.9 Å². The normalized spacial score (nSPS) is 13.4. The van der Waals surface area contributed by atoms with Crippen molar-refractivity contribution in [3.05, 3.63) is 58.7 Å². The zero-order valence-electron chi connectivity index (χ0n) is 25.7. The molecule has 0 saturated carbocycles. The molecule has 1 atom stereocenters. The summed E-state index contributed by atoms with van der Waals surface area (Å²) in [6.45, 7) is 4.79. The van der Waals surface area contributed by atoms with Crippen molar-refractivity contribution < 1.29 is 38.0 Å². The number of hydrogen-bond acceptors (Lipinski definition) is 7. The van der Waals surface area contributed by atoms with Crippen molar-refractivity contribution in [2.24, 2.45) is 0 Å². The van der Waals surface area contributed by atoms with E-state index in [1.165, 1.54) is 48.2 Å². The average Bonchev–Trinajstić information content (AvgIpc) is 3.01. The molecule has 1 amide bonds. The molecule has 0 saturated heterocycles. The van der Waals surface area contributed by atoms with E-state index in [2.05, 4.69) is 12.1 Å². The molecule has 1 aromatic carbocycles. The number of unbranched alkanes of at least 4 members (excludes halogenated alkanes) is 1. The lowest BCUT2D eigenvalue weighted by molar-refractivity contribution is -0.141. The molecular weight excluding hydrogens is 555 g/mol. The molecule has 238 valence electrons. The van der Waals surface area contributed by atoms with E-state index in [9.17, 15) is 19.1 Å². The number of aliphatic carboxylic acids is 1. The van der Waals surface area contributed by atoms with Gasteiger partial charge in [-0.3, -0.25) is 14.6 Å². The minimum absolute atomic E-state index is 0.0508. The van der Waals surface area contributed by atoms with Crippen LogP contribution in [0.2, 0.25) is 0 Å². The highest BCUT2D eigenvalue weighted by Crippen LogP contribution is 2.29. The number of ether oxygens (including phenoxy) is 4. The smallest absolute Gasteiger partial charge is 0.305 e. The third-order valence-electron chi connectivity index (χ3n) is 7.50. The number of carboxylic acids is 1. The number of fused-ring (bicyclic) bond motifs is 1. The number of benzene rings is 1. The first-order valence-corrected chi connectivity index (χ1v) is 15.5. The minimum atomic E-state index is -1.09. The predicted octanol–water partition coefficient (Wildman–Crippen LogP) is 5.33. The van der Waals surface area contributed by atoms with Gasteiger partial charge in [-0.15, -0.1) is 0 Å². The molecule has 0 bridgehead atoms. The van der Waals surface area contributed by atoms with Gasteiger partial charge in [0.25, 0.3) is 0 Å². The fourth-order valence-corrected chi connectivity index (χ4v) is 5.26. The Bertz CT molecular complexity index is 1150. The molecule has 1 heterocycles. The Labute approximate surface area is 254 Å². The fourth-order valence-electron chi connectivity index (χ4n) is 5.26. The quantitative estimate of drug-likeness (QED) is 0.191. The van der Waals surface area contributed by atoms with Crippen LogP contribution in [-0.2, 0) is 43.1 Å². The third kappa shape index (κ3) is 11.8. The highest BCUT2D eigenvalue weighted by molar-refractivity contribution is 5.78. The number of pyridine rings is 1. The Balaban J connectivity index is 1.59. The van der Waals surface area contributed by atoms with Crippen molar-refractivity contribution in [1.82, 2.24) is 9.88 Å². The number of hydrogen-bond donors (Lipinski definition) is 1. The Morgan fingerprint density at radius 2 is 1.70 bits per heavy atom. The molecular formula is C33H47FN2O7. The van der Waals surface area contributed by atoms with E-state index in [-0.39, 0.29) is 37.6 Å². The van der Waals surface area contributed by atoms with E-state index in [0.717, 1.165) is 37.8 Å². The standard InChI is InChI=1S/C33H47FN2O7/c1-3-17-41-19-21-43-22-20-42-18-16-36(30(24-33(38)39)26-13-15-31(40-2)28(34)23-26)32(37)11-7-5-9-27-14-12-25-8-4-6-10-29(25)35-27/h12-15,23,30H,3-11,16-22,24H2,1-2H3,(H,38,39)/t30-/m0/s1. The van der Waals surface area contributed by atoms with Crippen molar-refractivity contribution in [1.29, 1.82) is 0 Å². The predicted molar refractivity (Wildman–Crippen MR) is 161 cm³/mol. The monoisotopic (exact) mass is 602 g/mol. The van der Waals surface area contributed by atoms with Crippen LogP contribution in [0.25, 0.3) is 0 Å². The van der Waals surface area contributed by atoms with E-state index in [0.29, 0.717) is 45.0 Å². The lowest BCUT2D eigenvalue weighted by Gasteiger charge is -2.32. The van der Waals surface area contributed by atoms with Gasteiger partial charge in [0.05, 0.1) is 52.6 Å². The van der Waals surface area contributed by atoms with Gasteiger partial charge in [0.15, 0.2) is 11.6 Å². The summed E-state index contributed by atoms with van der Waals surface area (Å²) in [5, 5.41) is 9.70. The fraction of sp³-hybridized carbons (Fsp3) is 0.606. The molecule has 0 spiro atoms. The van der Waals surface area contributed by atoms with Gasteiger partial charge in [0.1, 0.15) is 0 Å². The number of carboxylic acid groups (broad SMARTS) is 1. The highest BCUT2D eigenvalue weighted by atomic mass is 19.1. The summed E-state index contributed by atoms with van der Waals surface area (Å²) in [6.07, 6.45) is 7.51. The molecule has 0 radical (unpaired) electrons. The van der Waals surface area contributed by atoms with Crippen LogP contribution in [0.1, 0.15) is 80.4 Å². The first-order valence-electron chi connectivity index (χ1n) is 15.5. The van der Waals surface area contributed by atoms with Crippen LogP contribution >= 0.6 is 0 Å². The molecule has 1 aliphatic carbocycles. The lowest BCUT2D eigenvalue weighted by atomic mass is 9.95. The summed E-state index contributed by atoms with van der Waals surface area (Å²) in [7, 11) is 1.36. The summed E-state index contributed by atoms with van der Waals surface area (Å²) >= 11 is 0. The van der Waals surface area contributed by atoms with Crippen LogP contribution in [0.4, 0.5) is 4.39 Å². The molecule has 1 N–H and O–H groups in total. The van der Waals surface area contributed by atoms with Crippen molar-refractivity contribution in [3.8, 4) is 5.75 Å². The molecule has 1 aromatic heterocycles. The number of halogens is 1. The molecule has 0 aliphatic heterocycles. The van der Waals surface area contributed by atoms with Crippen LogP contribution in [0.15, 0.2) is 30.3 Å². The second-order valence-corrected chi connectivity index (χ2v) is 10.8. The first-order chi connectivity index (χ1) is 20.9. The van der Waals surface area contributed by atoms with Gasteiger partial charge in [-0.25, -0.2) is 4.39 Å². The summed E-state index contributed by atoms with van der Waals surface area (Å²) in [6, 6.07) is 7.70. The molecule has 3 rings (SSSR count). The Kier molecular flexibility index (Phi) is 15.4. The van der Waals surface area contributed by atoms with E-state index in [1.54, 1.807) is 6.07 Å². The van der Waals surface area contributed by atoms with Gasteiger partial charge >= 0.3 is 5.97 Å². The van der Waals surface area contributed by atoms with Crippen molar-refractivity contribution in [2.45, 2.75) is 77.2 Å². The van der Waals surface area contributed by atoms with Crippen LogP contribution in [0.3, 0.4) is 0 Å². The number of aromatic nitrogens is 1. The average molecular weight is 603 g/mol. The van der Waals surface area contributed by atoms with E-state index >= 15 is 0 Å². The number of carbonyl (C=O) groups excluding carboxylic acids is 1. The maximum atomic E-state index is 14.6. The van der Waals surface area contributed by atoms with Crippen LogP contribution in [0.5, 0.6) is 5.75 Å². The largest absolute Gasteiger partial charge is 0.494 e. The van der Waals surface area contributed by atoms with Gasteiger partial charge < -0.3 is 29.0 Å². The number of amides is 1. The summed E-state index contributed by atoms with van der Waals surface area (Å²) < 4.78 is 36.2. The summed E-state index contributed by atoms with van der Waals surface area (Å²) in [4.78, 5) is 31.7. The summed E-state index contributed by atoms with van der Waals surface area (Å²) in [5.41, 5.74) is 3.97. The molecule has 2 aromatic rings. The van der Waals surface area contributed by atoms with Crippen LogP contribution in [0, 0.1) is 5.82 Å². The summed E-state index contributed by atoms with van der Waals surface area (Å²) in [5.74, 6) is -1.85. The van der Waals surface area contributed by atoms with Gasteiger partial charge in [-0.1, -0.05) is 19.1 Å². The SMILES string of the molecule is CCCOCCOCCOCCN(C(=O)CCCCc1ccc2c(n1)CCCC2)[C@@H](CC(=O)O)c1ccc(OC)c(F)c1. The Morgan fingerprint density at radius 1 is 0.977 bits per heavy atom. The molecule has 43 heavy (non-hydrogen) atoms. The Hall–Kier alpha value is -3.08. The first kappa shape index (κ1) is 34.4. The zero-order chi connectivity index (χ0) is 30.9. The van der Waals surface area contributed by atoms with Crippen LogP contribution in [-0.4, -0.2) is 80.2 Å². The van der Waals surface area contributed by atoms with Crippen LogP contribution < -0.4 is 4.74 Å². The van der Waals surface area contributed by atoms with E-state index in [4.69, 9.17) is 23.9 Å². The van der Waals surface area contributed by atoms with Gasteiger partial charge in [0.2, 0.25) is 5.91 Å². The third-order valence-corrected chi connectivity index (χ3v) is 7.50. The molecule has 9 nitrogen and oxygen atoms in total. The maximum absolute atomic E-state index is 14.6. The second kappa shape index (κ2) is 19.2. The Morgan fingerprint density at radius 3 is 2.40 bits per heavy atom. The topological polar surface area (TPSA) is 107 Å². The zero-order valence-corrected chi connectivity index (χ0v) is 25.7. The molecule has 0 unspecified atom stereocenters. The molecule has 10 heteroatoms. The van der Waals surface area contributed by atoms with Gasteiger partial charge in [0, 0.05) is 31.0 Å². The number of aryl methyl sites for hydroxylation is 3. The highest BCUT2D eigenvalue weighted by Gasteiger charge is 2.28.